The van der Waals surface area contributed by atoms with Gasteiger partial charge in [0.1, 0.15) is 11.2 Å². The van der Waals surface area contributed by atoms with Crippen LogP contribution in [0.3, 0.4) is 0 Å². The Morgan fingerprint density at radius 1 is 0.786 bits per heavy atom. The Morgan fingerprint density at radius 2 is 1.29 bits per heavy atom. The van der Waals surface area contributed by atoms with Crippen molar-refractivity contribution in [1.29, 1.82) is 0 Å². The topological polar surface area (TPSA) is 93.9 Å². The van der Waals surface area contributed by atoms with Crippen molar-refractivity contribution in [1.82, 2.24) is 10.2 Å². The largest absolute Gasteiger partial charge is 0.444 e. The van der Waals surface area contributed by atoms with E-state index in [4.69, 9.17) is 15.2 Å². The van der Waals surface area contributed by atoms with Crippen LogP contribution >= 0.6 is 0 Å². The number of hydrogen-bond donors (Lipinski definition) is 2. The Bertz CT molecular complexity index is 442. The molecule has 0 fully saturated rings. The molecule has 0 radical (unpaired) electrons. The number of carbonyl (C=O) groups is 2. The van der Waals surface area contributed by atoms with Crippen LogP contribution in [0.25, 0.3) is 0 Å². The van der Waals surface area contributed by atoms with Crippen LogP contribution in [-0.4, -0.2) is 54.5 Å². The summed E-state index contributed by atoms with van der Waals surface area (Å²) >= 11 is 0. The van der Waals surface area contributed by atoms with Gasteiger partial charge in [0, 0.05) is 19.6 Å². The van der Waals surface area contributed by atoms with Crippen molar-refractivity contribution in [3.05, 3.63) is 0 Å². The molecule has 0 atom stereocenters. The highest BCUT2D eigenvalue weighted by molar-refractivity contribution is 5.68. The minimum absolute atomic E-state index is 0.255. The van der Waals surface area contributed by atoms with E-state index in [-0.39, 0.29) is 12.2 Å². The molecular weight excluding hydrogens is 358 g/mol. The van der Waals surface area contributed by atoms with E-state index in [2.05, 4.69) is 5.32 Å². The van der Waals surface area contributed by atoms with Gasteiger partial charge in [0.15, 0.2) is 0 Å². The maximum atomic E-state index is 12.3. The third-order valence-electron chi connectivity index (χ3n) is 3.81. The van der Waals surface area contributed by atoms with E-state index in [0.29, 0.717) is 26.2 Å². The van der Waals surface area contributed by atoms with Gasteiger partial charge in [0.25, 0.3) is 0 Å². The summed E-state index contributed by atoms with van der Waals surface area (Å²) in [5, 5.41) is 2.78. The zero-order chi connectivity index (χ0) is 21.6. The zero-order valence-electron chi connectivity index (χ0n) is 18.9. The smallest absolute Gasteiger partial charge is 0.410 e. The van der Waals surface area contributed by atoms with Crippen LogP contribution in [0.4, 0.5) is 9.59 Å². The van der Waals surface area contributed by atoms with Gasteiger partial charge in [-0.05, 0) is 67.3 Å². The van der Waals surface area contributed by atoms with Crippen LogP contribution in [0.15, 0.2) is 0 Å². The molecule has 7 nitrogen and oxygen atoms in total. The molecule has 0 heterocycles. The molecule has 0 saturated carbocycles. The van der Waals surface area contributed by atoms with E-state index in [1.165, 1.54) is 0 Å². The number of hydrogen-bond acceptors (Lipinski definition) is 5. The maximum absolute atomic E-state index is 12.3. The summed E-state index contributed by atoms with van der Waals surface area (Å²) in [7, 11) is 0. The molecule has 0 bridgehead atoms. The predicted molar refractivity (Wildman–Crippen MR) is 113 cm³/mol. The van der Waals surface area contributed by atoms with Gasteiger partial charge < -0.3 is 25.4 Å². The van der Waals surface area contributed by atoms with E-state index < -0.39 is 11.2 Å². The number of nitrogens with zero attached hydrogens (tertiary/aromatic N) is 1. The van der Waals surface area contributed by atoms with Crippen molar-refractivity contribution in [3.63, 3.8) is 0 Å². The summed E-state index contributed by atoms with van der Waals surface area (Å²) < 4.78 is 10.7. The molecule has 0 spiro atoms. The molecule has 0 aliphatic carbocycles. The lowest BCUT2D eigenvalue weighted by Crippen LogP contribution is -2.38. The number of carbonyl (C=O) groups excluding carboxylic acids is 2. The van der Waals surface area contributed by atoms with Gasteiger partial charge in [-0.15, -0.1) is 0 Å². The summed E-state index contributed by atoms with van der Waals surface area (Å²) in [6.07, 6.45) is 6.45. The van der Waals surface area contributed by atoms with Gasteiger partial charge >= 0.3 is 12.2 Å². The first-order valence-electron chi connectivity index (χ1n) is 10.6. The van der Waals surface area contributed by atoms with E-state index in [0.717, 1.165) is 44.9 Å². The molecule has 0 rings (SSSR count). The molecule has 7 heteroatoms. The molecule has 0 aromatic carbocycles. The van der Waals surface area contributed by atoms with Gasteiger partial charge in [-0.3, -0.25) is 0 Å². The Balaban J connectivity index is 3.84. The molecular formula is C21H43N3O4. The zero-order valence-corrected chi connectivity index (χ0v) is 18.9. The number of alkyl carbamates (subject to hydrolysis) is 1. The second kappa shape index (κ2) is 13.6. The monoisotopic (exact) mass is 401 g/mol. The lowest BCUT2D eigenvalue weighted by molar-refractivity contribution is 0.0245. The predicted octanol–water partition coefficient (Wildman–Crippen LogP) is 4.44. The highest BCUT2D eigenvalue weighted by Crippen LogP contribution is 2.12. The van der Waals surface area contributed by atoms with Crippen LogP contribution in [0, 0.1) is 0 Å². The SMILES string of the molecule is CC(C)(C)OC(=O)NCCCCCCCCN(CCCN)C(=O)OC(C)(C)C. The lowest BCUT2D eigenvalue weighted by atomic mass is 10.1. The van der Waals surface area contributed by atoms with Crippen molar-refractivity contribution in [2.45, 2.75) is 97.7 Å². The molecule has 0 unspecified atom stereocenters. The highest BCUT2D eigenvalue weighted by atomic mass is 16.6. The third-order valence-corrected chi connectivity index (χ3v) is 3.81. The highest BCUT2D eigenvalue weighted by Gasteiger charge is 2.21. The molecule has 0 aliphatic rings. The van der Waals surface area contributed by atoms with Gasteiger partial charge in [-0.2, -0.15) is 0 Å². The third kappa shape index (κ3) is 16.7. The Kier molecular flexibility index (Phi) is 12.9. The quantitative estimate of drug-likeness (QED) is 0.472. The molecule has 166 valence electrons. The Hall–Kier alpha value is -1.50. The fourth-order valence-corrected chi connectivity index (χ4v) is 2.54. The average molecular weight is 402 g/mol. The van der Waals surface area contributed by atoms with Crippen molar-refractivity contribution in [2.75, 3.05) is 26.2 Å². The summed E-state index contributed by atoms with van der Waals surface area (Å²) in [6.45, 7) is 13.7. The average Bonchev–Trinajstić information content (AvgIpc) is 2.52. The Labute approximate surface area is 171 Å². The van der Waals surface area contributed by atoms with Gasteiger partial charge in [-0.1, -0.05) is 25.7 Å². The molecule has 2 amide bonds. The summed E-state index contributed by atoms with van der Waals surface area (Å²) in [5.41, 5.74) is 4.64. The fraction of sp³-hybridized carbons (Fsp3) is 0.905. The molecule has 0 aliphatic heterocycles. The number of amides is 2. The summed E-state index contributed by atoms with van der Waals surface area (Å²) in [6, 6.07) is 0. The van der Waals surface area contributed by atoms with E-state index in [1.54, 1.807) is 4.90 Å². The van der Waals surface area contributed by atoms with Gasteiger partial charge in [0.2, 0.25) is 0 Å². The minimum Gasteiger partial charge on any atom is -0.444 e. The van der Waals surface area contributed by atoms with Crippen LogP contribution < -0.4 is 11.1 Å². The van der Waals surface area contributed by atoms with Gasteiger partial charge in [-0.25, -0.2) is 9.59 Å². The first kappa shape index (κ1) is 26.5. The van der Waals surface area contributed by atoms with E-state index in [1.807, 2.05) is 41.5 Å². The number of nitrogens with one attached hydrogen (secondary N) is 1. The van der Waals surface area contributed by atoms with Crippen LogP contribution in [0.1, 0.15) is 86.5 Å². The maximum Gasteiger partial charge on any atom is 0.410 e. The van der Waals surface area contributed by atoms with Crippen molar-refractivity contribution in [3.8, 4) is 0 Å². The van der Waals surface area contributed by atoms with Crippen LogP contribution in [-0.2, 0) is 9.47 Å². The van der Waals surface area contributed by atoms with Gasteiger partial charge in [0.05, 0.1) is 0 Å². The van der Waals surface area contributed by atoms with Crippen molar-refractivity contribution >= 4 is 12.2 Å². The fourth-order valence-electron chi connectivity index (χ4n) is 2.54. The first-order chi connectivity index (χ1) is 12.9. The number of unbranched alkanes of at least 4 members (excludes halogenated alkanes) is 5. The normalized spacial score (nSPS) is 11.8. The van der Waals surface area contributed by atoms with E-state index in [9.17, 15) is 9.59 Å². The van der Waals surface area contributed by atoms with Crippen LogP contribution in [0.5, 0.6) is 0 Å². The molecule has 0 aromatic heterocycles. The minimum atomic E-state index is -0.481. The van der Waals surface area contributed by atoms with Crippen molar-refractivity contribution < 1.29 is 19.1 Å². The summed E-state index contributed by atoms with van der Waals surface area (Å²) in [5.74, 6) is 0. The molecule has 0 aromatic rings. The van der Waals surface area contributed by atoms with Crippen LogP contribution in [0.2, 0.25) is 0 Å². The first-order valence-corrected chi connectivity index (χ1v) is 10.6. The second-order valence-corrected chi connectivity index (χ2v) is 9.16. The molecule has 3 N–H and O–H groups in total. The number of nitrogens with two attached hydrogens (primary N) is 1. The number of rotatable bonds is 12. The second-order valence-electron chi connectivity index (χ2n) is 9.16. The van der Waals surface area contributed by atoms with Crippen molar-refractivity contribution in [2.24, 2.45) is 5.73 Å². The standard InChI is InChI=1S/C21H43N3O4/c1-20(2,3)27-18(25)23-15-11-9-7-8-10-12-16-24(17-13-14-22)19(26)28-21(4,5)6/h7-17,22H2,1-6H3,(H,23,25). The molecule has 28 heavy (non-hydrogen) atoms. The Morgan fingerprint density at radius 3 is 1.82 bits per heavy atom. The summed E-state index contributed by atoms with van der Waals surface area (Å²) in [4.78, 5) is 25.6. The van der Waals surface area contributed by atoms with E-state index >= 15 is 0 Å². The number of ether oxygens (including phenoxy) is 2. The lowest BCUT2D eigenvalue weighted by Gasteiger charge is -2.27. The molecule has 0 saturated heterocycles.